The molecular weight excluding hydrogens is 354 g/mol. The number of hydrogen-bond donors (Lipinski definition) is 2. The number of anilines is 1. The monoisotopic (exact) mass is 367 g/mol. The lowest BCUT2D eigenvalue weighted by atomic mass is 10.1. The van der Waals surface area contributed by atoms with E-state index in [0.717, 1.165) is 5.56 Å². The Labute approximate surface area is 154 Å². The number of amides is 1. The largest absolute Gasteiger partial charge is 0.451 e. The van der Waals surface area contributed by atoms with Crippen LogP contribution in [-0.2, 0) is 9.53 Å². The van der Waals surface area contributed by atoms with Crippen LogP contribution in [0, 0.1) is 18.3 Å². The van der Waals surface area contributed by atoms with Gasteiger partial charge in [0.05, 0.1) is 5.56 Å². The van der Waals surface area contributed by atoms with Gasteiger partial charge >= 0.3 is 5.97 Å². The zero-order valence-electron chi connectivity index (χ0n) is 13.8. The summed E-state index contributed by atoms with van der Waals surface area (Å²) in [6.07, 6.45) is 0. The number of hydrogen-bond acceptors (Lipinski definition) is 4. The zero-order valence-corrected chi connectivity index (χ0v) is 14.6. The van der Waals surface area contributed by atoms with Crippen molar-refractivity contribution in [2.45, 2.75) is 6.92 Å². The molecule has 2 N–H and O–H groups in total. The quantitative estimate of drug-likeness (QED) is 0.685. The lowest BCUT2D eigenvalue weighted by Gasteiger charge is -2.07. The van der Waals surface area contributed by atoms with Crippen molar-refractivity contribution in [2.75, 3.05) is 11.9 Å². The average Bonchev–Trinajstić information content (AvgIpc) is 3.01. The van der Waals surface area contributed by atoms with Crippen molar-refractivity contribution in [3.05, 3.63) is 64.3 Å². The summed E-state index contributed by atoms with van der Waals surface area (Å²) in [5, 5.41) is 13.1. The Morgan fingerprint density at radius 2 is 2.04 bits per heavy atom. The summed E-state index contributed by atoms with van der Waals surface area (Å²) in [6.45, 7) is 1.37. The van der Waals surface area contributed by atoms with Crippen molar-refractivity contribution in [1.29, 1.82) is 5.26 Å². The van der Waals surface area contributed by atoms with Crippen LogP contribution < -0.4 is 5.32 Å². The Balaban J connectivity index is 1.68. The molecule has 0 spiro atoms. The van der Waals surface area contributed by atoms with Crippen molar-refractivity contribution >= 4 is 40.1 Å². The normalized spacial score (nSPS) is 10.3. The second kappa shape index (κ2) is 7.30. The molecule has 2 aromatic carbocycles. The van der Waals surface area contributed by atoms with Gasteiger partial charge in [-0.1, -0.05) is 35.9 Å². The van der Waals surface area contributed by atoms with Crippen LogP contribution in [0.15, 0.2) is 42.5 Å². The summed E-state index contributed by atoms with van der Waals surface area (Å²) in [7, 11) is 0. The van der Waals surface area contributed by atoms with Gasteiger partial charge in [0.1, 0.15) is 11.8 Å². The predicted molar refractivity (Wildman–Crippen MR) is 98.1 cm³/mol. The van der Waals surface area contributed by atoms with Gasteiger partial charge in [0.15, 0.2) is 6.61 Å². The fraction of sp³-hybridized carbons (Fsp3) is 0.105. The van der Waals surface area contributed by atoms with Crippen LogP contribution >= 0.6 is 11.6 Å². The number of aromatic amines is 1. The number of fused-ring (bicyclic) bond motifs is 1. The molecule has 0 fully saturated rings. The Morgan fingerprint density at radius 1 is 1.27 bits per heavy atom. The lowest BCUT2D eigenvalue weighted by Crippen LogP contribution is -2.21. The third-order valence-electron chi connectivity index (χ3n) is 3.81. The zero-order chi connectivity index (χ0) is 18.7. The summed E-state index contributed by atoms with van der Waals surface area (Å²) in [5.74, 6) is -1.28. The minimum atomic E-state index is -0.769. The molecule has 0 bridgehead atoms. The molecule has 1 aromatic heterocycles. The summed E-state index contributed by atoms with van der Waals surface area (Å²) < 4.78 is 5.02. The van der Waals surface area contributed by atoms with Gasteiger partial charge in [-0.15, -0.1) is 0 Å². The van der Waals surface area contributed by atoms with Gasteiger partial charge in [-0.05, 0) is 30.7 Å². The van der Waals surface area contributed by atoms with Crippen molar-refractivity contribution in [3.63, 3.8) is 0 Å². The average molecular weight is 368 g/mol. The third kappa shape index (κ3) is 3.53. The molecule has 0 unspecified atom stereocenters. The SMILES string of the molecule is Cc1ccc(NC(=O)COC(=O)c2[nH]c3ccccc3c2C#N)cc1Cl. The molecule has 7 heteroatoms. The molecule has 0 radical (unpaired) electrons. The van der Waals surface area contributed by atoms with Gasteiger partial charge in [-0.3, -0.25) is 4.79 Å². The highest BCUT2D eigenvalue weighted by molar-refractivity contribution is 6.31. The third-order valence-corrected chi connectivity index (χ3v) is 4.22. The number of aryl methyl sites for hydroxylation is 1. The molecule has 1 heterocycles. The van der Waals surface area contributed by atoms with E-state index in [1.807, 2.05) is 13.0 Å². The topological polar surface area (TPSA) is 95.0 Å². The number of rotatable bonds is 4. The van der Waals surface area contributed by atoms with Gasteiger partial charge in [0.25, 0.3) is 5.91 Å². The number of nitrogens with zero attached hydrogens (tertiary/aromatic N) is 1. The summed E-state index contributed by atoms with van der Waals surface area (Å²) in [6, 6.07) is 14.1. The van der Waals surface area contributed by atoms with E-state index in [1.54, 1.807) is 42.5 Å². The first-order valence-electron chi connectivity index (χ1n) is 7.73. The summed E-state index contributed by atoms with van der Waals surface area (Å²) in [4.78, 5) is 27.1. The van der Waals surface area contributed by atoms with E-state index in [0.29, 0.717) is 21.6 Å². The van der Waals surface area contributed by atoms with Crippen molar-refractivity contribution in [1.82, 2.24) is 4.98 Å². The maximum Gasteiger partial charge on any atom is 0.356 e. The summed E-state index contributed by atoms with van der Waals surface area (Å²) >= 11 is 6.01. The molecule has 6 nitrogen and oxygen atoms in total. The van der Waals surface area contributed by atoms with E-state index in [9.17, 15) is 14.9 Å². The van der Waals surface area contributed by atoms with Gasteiger partial charge < -0.3 is 15.0 Å². The van der Waals surface area contributed by atoms with Crippen LogP contribution in [0.25, 0.3) is 10.9 Å². The fourth-order valence-corrected chi connectivity index (χ4v) is 2.66. The minimum Gasteiger partial charge on any atom is -0.451 e. The second-order valence-electron chi connectivity index (χ2n) is 5.62. The molecule has 0 saturated heterocycles. The van der Waals surface area contributed by atoms with Gasteiger partial charge in [0, 0.05) is 21.6 Å². The fourth-order valence-electron chi connectivity index (χ4n) is 2.48. The van der Waals surface area contributed by atoms with E-state index < -0.39 is 18.5 Å². The number of nitriles is 1. The number of benzene rings is 2. The molecule has 3 rings (SSSR count). The Morgan fingerprint density at radius 3 is 2.77 bits per heavy atom. The molecule has 0 aliphatic rings. The minimum absolute atomic E-state index is 0.0277. The van der Waals surface area contributed by atoms with Crippen molar-refractivity contribution in [3.8, 4) is 6.07 Å². The number of para-hydroxylation sites is 1. The smallest absolute Gasteiger partial charge is 0.356 e. The maximum atomic E-state index is 12.2. The number of ether oxygens (including phenoxy) is 1. The highest BCUT2D eigenvalue weighted by atomic mass is 35.5. The van der Waals surface area contributed by atoms with Crippen LogP contribution in [0.1, 0.15) is 21.6 Å². The number of H-pyrrole nitrogens is 1. The predicted octanol–water partition coefficient (Wildman–Crippen LogP) is 3.80. The first-order valence-corrected chi connectivity index (χ1v) is 8.11. The molecule has 0 aliphatic carbocycles. The lowest BCUT2D eigenvalue weighted by molar-refractivity contribution is -0.119. The van der Waals surface area contributed by atoms with E-state index in [4.69, 9.17) is 16.3 Å². The number of aromatic nitrogens is 1. The van der Waals surface area contributed by atoms with Crippen LogP contribution in [0.4, 0.5) is 5.69 Å². The number of esters is 1. The highest BCUT2D eigenvalue weighted by Crippen LogP contribution is 2.22. The Bertz CT molecular complexity index is 1050. The molecule has 0 atom stereocenters. The standard InChI is InChI=1S/C19H14ClN3O3/c1-11-6-7-12(8-15(11)20)22-17(24)10-26-19(25)18-14(9-21)13-4-2-3-5-16(13)23-18/h2-8,23H,10H2,1H3,(H,22,24). The van der Waals surface area contributed by atoms with Gasteiger partial charge in [0.2, 0.25) is 0 Å². The van der Waals surface area contributed by atoms with Gasteiger partial charge in [-0.2, -0.15) is 5.26 Å². The van der Waals surface area contributed by atoms with E-state index >= 15 is 0 Å². The van der Waals surface area contributed by atoms with Gasteiger partial charge in [-0.25, -0.2) is 4.79 Å². The van der Waals surface area contributed by atoms with Crippen LogP contribution in [0.2, 0.25) is 5.02 Å². The second-order valence-corrected chi connectivity index (χ2v) is 6.03. The first-order chi connectivity index (χ1) is 12.5. The summed E-state index contributed by atoms with van der Waals surface area (Å²) in [5.41, 5.74) is 2.26. The molecule has 0 saturated carbocycles. The Hall–Kier alpha value is -3.30. The van der Waals surface area contributed by atoms with E-state index in [1.165, 1.54) is 0 Å². The van der Waals surface area contributed by atoms with Crippen LogP contribution in [0.3, 0.4) is 0 Å². The number of carbonyl (C=O) groups is 2. The molecule has 0 aliphatic heterocycles. The van der Waals surface area contributed by atoms with E-state index in [2.05, 4.69) is 10.3 Å². The number of carbonyl (C=O) groups excluding carboxylic acids is 2. The molecule has 3 aromatic rings. The molecule has 1 amide bonds. The number of halogens is 1. The Kier molecular flexibility index (Phi) is 4.92. The van der Waals surface area contributed by atoms with Crippen LogP contribution in [0.5, 0.6) is 0 Å². The first kappa shape index (κ1) is 17.5. The molecule has 130 valence electrons. The molecular formula is C19H14ClN3O3. The molecule has 26 heavy (non-hydrogen) atoms. The highest BCUT2D eigenvalue weighted by Gasteiger charge is 2.19. The van der Waals surface area contributed by atoms with Crippen LogP contribution in [-0.4, -0.2) is 23.5 Å². The van der Waals surface area contributed by atoms with E-state index in [-0.39, 0.29) is 11.3 Å². The maximum absolute atomic E-state index is 12.2. The van der Waals surface area contributed by atoms with Crippen molar-refractivity contribution in [2.24, 2.45) is 0 Å². The van der Waals surface area contributed by atoms with Crippen molar-refractivity contribution < 1.29 is 14.3 Å². The number of nitrogens with one attached hydrogen (secondary N) is 2.